The molecule has 6 heteroatoms. The summed E-state index contributed by atoms with van der Waals surface area (Å²) in [4.78, 5) is 10.5. The molecule has 1 amide bonds. The molecule has 1 rings (SSSR count). The standard InChI is InChI=1S/C11H15NO4S/c1-8-5-6-10(17(14,15)16)9(7-8)3-2-4-11(12)13/h5-7H,2-4H2,1H3,(H2,12,13)(H,14,15,16). The van der Waals surface area contributed by atoms with Crippen LogP contribution in [0.25, 0.3) is 0 Å². The summed E-state index contributed by atoms with van der Waals surface area (Å²) in [5, 5.41) is 0. The molecule has 0 fully saturated rings. The molecule has 94 valence electrons. The zero-order valence-electron chi connectivity index (χ0n) is 9.51. The number of carbonyl (C=O) groups excluding carboxylic acids is 1. The van der Waals surface area contributed by atoms with Gasteiger partial charge in [-0.05, 0) is 31.4 Å². The van der Waals surface area contributed by atoms with E-state index in [1.165, 1.54) is 6.07 Å². The average molecular weight is 257 g/mol. The third-order valence-electron chi connectivity index (χ3n) is 2.36. The normalized spacial score (nSPS) is 11.4. The van der Waals surface area contributed by atoms with Crippen LogP contribution in [0, 0.1) is 6.92 Å². The Bertz CT molecular complexity index is 522. The number of hydrogen-bond donors (Lipinski definition) is 2. The fourth-order valence-corrected chi connectivity index (χ4v) is 2.34. The topological polar surface area (TPSA) is 97.5 Å². The molecule has 0 aliphatic rings. The van der Waals surface area contributed by atoms with Gasteiger partial charge in [0, 0.05) is 6.42 Å². The number of primary amides is 1. The minimum atomic E-state index is -4.22. The molecule has 1 aromatic carbocycles. The maximum atomic E-state index is 11.1. The molecule has 0 unspecified atom stereocenters. The van der Waals surface area contributed by atoms with Gasteiger partial charge in [0.25, 0.3) is 10.1 Å². The van der Waals surface area contributed by atoms with Crippen molar-refractivity contribution in [2.45, 2.75) is 31.1 Å². The molecule has 0 heterocycles. The first-order valence-electron chi connectivity index (χ1n) is 5.16. The first-order chi connectivity index (χ1) is 7.80. The third kappa shape index (κ3) is 4.16. The van der Waals surface area contributed by atoms with E-state index in [4.69, 9.17) is 10.3 Å². The highest BCUT2D eigenvalue weighted by Gasteiger charge is 2.15. The molecule has 17 heavy (non-hydrogen) atoms. The molecule has 0 aliphatic heterocycles. The first kappa shape index (κ1) is 13.7. The second-order valence-corrected chi connectivity index (χ2v) is 5.30. The van der Waals surface area contributed by atoms with Crippen LogP contribution in [0.4, 0.5) is 0 Å². The Kier molecular flexibility index (Phi) is 4.25. The molecule has 0 aliphatic carbocycles. The summed E-state index contributed by atoms with van der Waals surface area (Å²) < 4.78 is 31.3. The Morgan fingerprint density at radius 2 is 2.06 bits per heavy atom. The number of carbonyl (C=O) groups is 1. The maximum absolute atomic E-state index is 11.1. The van der Waals surface area contributed by atoms with Gasteiger partial charge in [-0.15, -0.1) is 0 Å². The van der Waals surface area contributed by atoms with Gasteiger partial charge in [0.05, 0.1) is 4.90 Å². The summed E-state index contributed by atoms with van der Waals surface area (Å²) in [7, 11) is -4.22. The van der Waals surface area contributed by atoms with E-state index < -0.39 is 16.0 Å². The van der Waals surface area contributed by atoms with Crippen LogP contribution in [0.1, 0.15) is 24.0 Å². The largest absolute Gasteiger partial charge is 0.370 e. The minimum absolute atomic E-state index is 0.104. The Hall–Kier alpha value is -1.40. The first-order valence-corrected chi connectivity index (χ1v) is 6.60. The van der Waals surface area contributed by atoms with Gasteiger partial charge in [0.15, 0.2) is 0 Å². The quantitative estimate of drug-likeness (QED) is 0.770. The average Bonchev–Trinajstić information content (AvgIpc) is 2.15. The molecule has 0 saturated carbocycles. The molecule has 0 aromatic heterocycles. The van der Waals surface area contributed by atoms with Crippen LogP contribution in [0.2, 0.25) is 0 Å². The predicted octanol–water partition coefficient (Wildman–Crippen LogP) is 1.05. The molecule has 0 radical (unpaired) electrons. The summed E-state index contributed by atoms with van der Waals surface area (Å²) in [6.07, 6.45) is 1.04. The van der Waals surface area contributed by atoms with Crippen molar-refractivity contribution in [3.63, 3.8) is 0 Å². The fraction of sp³-hybridized carbons (Fsp3) is 0.364. The zero-order valence-corrected chi connectivity index (χ0v) is 10.3. The smallest absolute Gasteiger partial charge is 0.294 e. The molecule has 0 atom stereocenters. The van der Waals surface area contributed by atoms with E-state index in [1.54, 1.807) is 12.1 Å². The molecule has 0 bridgehead atoms. The van der Waals surface area contributed by atoms with Gasteiger partial charge in [0.2, 0.25) is 5.91 Å². The van der Waals surface area contributed by atoms with Crippen LogP contribution in [0.5, 0.6) is 0 Å². The van der Waals surface area contributed by atoms with Crippen molar-refractivity contribution >= 4 is 16.0 Å². The molecule has 0 spiro atoms. The van der Waals surface area contributed by atoms with Gasteiger partial charge in [-0.2, -0.15) is 8.42 Å². The van der Waals surface area contributed by atoms with E-state index >= 15 is 0 Å². The van der Waals surface area contributed by atoms with Crippen molar-refractivity contribution in [3.8, 4) is 0 Å². The molecule has 5 nitrogen and oxygen atoms in total. The van der Waals surface area contributed by atoms with E-state index in [0.717, 1.165) is 5.56 Å². The van der Waals surface area contributed by atoms with Crippen molar-refractivity contribution in [1.82, 2.24) is 0 Å². The Labute approximate surface area is 100 Å². The highest BCUT2D eigenvalue weighted by molar-refractivity contribution is 7.85. The lowest BCUT2D eigenvalue weighted by molar-refractivity contribution is -0.118. The Morgan fingerprint density at radius 3 is 2.59 bits per heavy atom. The van der Waals surface area contributed by atoms with E-state index in [-0.39, 0.29) is 11.3 Å². The zero-order chi connectivity index (χ0) is 13.1. The monoisotopic (exact) mass is 257 g/mol. The van der Waals surface area contributed by atoms with Crippen LogP contribution in [0.15, 0.2) is 23.1 Å². The number of nitrogens with two attached hydrogens (primary N) is 1. The van der Waals surface area contributed by atoms with Gasteiger partial charge in [-0.1, -0.05) is 17.7 Å². The van der Waals surface area contributed by atoms with Crippen LogP contribution in [-0.2, 0) is 21.3 Å². The lowest BCUT2D eigenvalue weighted by Gasteiger charge is -2.07. The lowest BCUT2D eigenvalue weighted by Crippen LogP contribution is -2.11. The van der Waals surface area contributed by atoms with Crippen molar-refractivity contribution in [3.05, 3.63) is 29.3 Å². The summed E-state index contributed by atoms with van der Waals surface area (Å²) in [5.74, 6) is -0.425. The molecule has 0 saturated heterocycles. The van der Waals surface area contributed by atoms with Crippen molar-refractivity contribution < 1.29 is 17.8 Å². The fourth-order valence-electron chi connectivity index (χ4n) is 1.61. The van der Waals surface area contributed by atoms with Crippen molar-refractivity contribution in [2.24, 2.45) is 5.73 Å². The summed E-state index contributed by atoms with van der Waals surface area (Å²) in [5.41, 5.74) is 6.41. The van der Waals surface area contributed by atoms with Crippen LogP contribution < -0.4 is 5.73 Å². The number of aryl methyl sites for hydroxylation is 2. The minimum Gasteiger partial charge on any atom is -0.370 e. The number of hydrogen-bond acceptors (Lipinski definition) is 3. The van der Waals surface area contributed by atoms with Crippen LogP contribution >= 0.6 is 0 Å². The van der Waals surface area contributed by atoms with Crippen LogP contribution in [0.3, 0.4) is 0 Å². The maximum Gasteiger partial charge on any atom is 0.294 e. The second-order valence-electron chi connectivity index (χ2n) is 3.91. The van der Waals surface area contributed by atoms with E-state index in [1.807, 2.05) is 6.92 Å². The summed E-state index contributed by atoms with van der Waals surface area (Å²) >= 11 is 0. The molecule has 3 N–H and O–H groups in total. The van der Waals surface area contributed by atoms with E-state index in [9.17, 15) is 13.2 Å². The molecular weight excluding hydrogens is 242 g/mol. The number of rotatable bonds is 5. The van der Waals surface area contributed by atoms with Gasteiger partial charge in [0.1, 0.15) is 0 Å². The van der Waals surface area contributed by atoms with Crippen molar-refractivity contribution in [1.29, 1.82) is 0 Å². The number of amides is 1. The third-order valence-corrected chi connectivity index (χ3v) is 3.32. The molecule has 1 aromatic rings. The highest BCUT2D eigenvalue weighted by atomic mass is 32.2. The predicted molar refractivity (Wildman–Crippen MR) is 63.1 cm³/mol. The van der Waals surface area contributed by atoms with Gasteiger partial charge in [-0.25, -0.2) is 0 Å². The highest BCUT2D eigenvalue weighted by Crippen LogP contribution is 2.19. The SMILES string of the molecule is Cc1ccc(S(=O)(=O)O)c(CCCC(N)=O)c1. The van der Waals surface area contributed by atoms with Gasteiger partial charge < -0.3 is 5.73 Å². The lowest BCUT2D eigenvalue weighted by atomic mass is 10.1. The second kappa shape index (κ2) is 5.29. The van der Waals surface area contributed by atoms with E-state index in [0.29, 0.717) is 18.4 Å². The van der Waals surface area contributed by atoms with Crippen LogP contribution in [-0.4, -0.2) is 18.9 Å². The van der Waals surface area contributed by atoms with Crippen molar-refractivity contribution in [2.75, 3.05) is 0 Å². The molecular formula is C11H15NO4S. The number of benzene rings is 1. The summed E-state index contributed by atoms with van der Waals surface area (Å²) in [6.45, 7) is 1.82. The Balaban J connectivity index is 2.96. The van der Waals surface area contributed by atoms with E-state index in [2.05, 4.69) is 0 Å². The van der Waals surface area contributed by atoms with Gasteiger partial charge >= 0.3 is 0 Å². The Morgan fingerprint density at radius 1 is 1.41 bits per heavy atom. The summed E-state index contributed by atoms with van der Waals surface area (Å²) in [6, 6.07) is 4.66. The van der Waals surface area contributed by atoms with Gasteiger partial charge in [-0.3, -0.25) is 9.35 Å².